The topological polar surface area (TPSA) is 58.2 Å². The van der Waals surface area contributed by atoms with Crippen molar-refractivity contribution >= 4 is 10.2 Å². The van der Waals surface area contributed by atoms with Gasteiger partial charge in [0.25, 0.3) is 10.2 Å². The highest BCUT2D eigenvalue weighted by atomic mass is 32.2. The zero-order valence-electron chi connectivity index (χ0n) is 17.1. The average molecular weight is 387 g/mol. The molecule has 2 N–H and O–H groups in total. The van der Waals surface area contributed by atoms with Crippen LogP contribution in [0.3, 0.4) is 0 Å². The van der Waals surface area contributed by atoms with E-state index in [9.17, 15) is 8.42 Å². The van der Waals surface area contributed by atoms with Crippen LogP contribution in [0, 0.1) is 0 Å². The molecule has 4 nitrogen and oxygen atoms in total. The van der Waals surface area contributed by atoms with Gasteiger partial charge in [-0.05, 0) is 44.9 Å². The second-order valence-corrected chi connectivity index (χ2v) is 8.46. The largest absolute Gasteiger partial charge is 0.276 e. The van der Waals surface area contributed by atoms with Crippen LogP contribution in [-0.2, 0) is 10.2 Å². The van der Waals surface area contributed by atoms with E-state index < -0.39 is 10.2 Å². The van der Waals surface area contributed by atoms with Gasteiger partial charge in [-0.2, -0.15) is 8.42 Å². The molecule has 0 heterocycles. The second kappa shape index (κ2) is 19.1. The summed E-state index contributed by atoms with van der Waals surface area (Å²) >= 11 is 0. The second-order valence-electron chi connectivity index (χ2n) is 6.88. The lowest BCUT2D eigenvalue weighted by molar-refractivity contribution is 0.554. The third-order valence-corrected chi connectivity index (χ3v) is 5.38. The van der Waals surface area contributed by atoms with Gasteiger partial charge in [0.2, 0.25) is 0 Å². The first kappa shape index (κ1) is 25.4. The van der Waals surface area contributed by atoms with Crippen LogP contribution in [0.2, 0.25) is 0 Å². The number of hydrogen-bond donors (Lipinski definition) is 2. The summed E-state index contributed by atoms with van der Waals surface area (Å²) in [5, 5.41) is 0. The Morgan fingerprint density at radius 3 is 1.77 bits per heavy atom. The van der Waals surface area contributed by atoms with E-state index in [0.29, 0.717) is 13.1 Å². The van der Waals surface area contributed by atoms with E-state index in [1.54, 1.807) is 0 Å². The highest BCUT2D eigenvalue weighted by Gasteiger charge is 2.05. The van der Waals surface area contributed by atoms with Gasteiger partial charge in [-0.1, -0.05) is 76.7 Å². The summed E-state index contributed by atoms with van der Waals surface area (Å²) in [4.78, 5) is 0. The molecule has 0 amide bonds. The highest BCUT2D eigenvalue weighted by Crippen LogP contribution is 2.08. The van der Waals surface area contributed by atoms with Gasteiger partial charge in [0.15, 0.2) is 0 Å². The first-order valence-electron chi connectivity index (χ1n) is 10.7. The van der Waals surface area contributed by atoms with Gasteiger partial charge in [-0.25, -0.2) is 9.44 Å². The lowest BCUT2D eigenvalue weighted by Gasteiger charge is -2.07. The molecule has 5 heteroatoms. The van der Waals surface area contributed by atoms with E-state index in [0.717, 1.165) is 25.7 Å². The lowest BCUT2D eigenvalue weighted by atomic mass is 10.1. The molecular formula is C21H42N2O2S. The molecule has 0 aliphatic carbocycles. The maximum absolute atomic E-state index is 11.5. The van der Waals surface area contributed by atoms with Crippen LogP contribution in [0.4, 0.5) is 0 Å². The van der Waals surface area contributed by atoms with Crippen molar-refractivity contribution in [2.24, 2.45) is 0 Å². The van der Waals surface area contributed by atoms with Gasteiger partial charge in [-0.3, -0.25) is 0 Å². The van der Waals surface area contributed by atoms with Gasteiger partial charge < -0.3 is 0 Å². The summed E-state index contributed by atoms with van der Waals surface area (Å²) in [5.74, 6) is 0. The third kappa shape index (κ3) is 19.7. The minimum atomic E-state index is -3.28. The molecule has 0 aromatic carbocycles. The monoisotopic (exact) mass is 386 g/mol. The van der Waals surface area contributed by atoms with Gasteiger partial charge in [-0.15, -0.1) is 0 Å². The molecule has 0 aliphatic rings. The molecule has 26 heavy (non-hydrogen) atoms. The Kier molecular flexibility index (Phi) is 18.6. The summed E-state index contributed by atoms with van der Waals surface area (Å²) in [5.41, 5.74) is 0. The van der Waals surface area contributed by atoms with E-state index in [4.69, 9.17) is 0 Å². The predicted molar refractivity (Wildman–Crippen MR) is 115 cm³/mol. The summed E-state index contributed by atoms with van der Waals surface area (Å²) in [6.45, 7) is 5.22. The van der Waals surface area contributed by atoms with E-state index >= 15 is 0 Å². The van der Waals surface area contributed by atoms with E-state index in [2.05, 4.69) is 40.7 Å². The van der Waals surface area contributed by atoms with Crippen molar-refractivity contribution in [3.8, 4) is 0 Å². The van der Waals surface area contributed by atoms with Gasteiger partial charge >= 0.3 is 0 Å². The normalized spacial score (nSPS) is 12.5. The van der Waals surface area contributed by atoms with Crippen LogP contribution < -0.4 is 9.44 Å². The van der Waals surface area contributed by atoms with Crippen molar-refractivity contribution in [1.82, 2.24) is 9.44 Å². The van der Waals surface area contributed by atoms with Crippen LogP contribution in [0.15, 0.2) is 24.3 Å². The molecule has 0 aromatic rings. The van der Waals surface area contributed by atoms with Crippen LogP contribution in [0.25, 0.3) is 0 Å². The molecule has 0 aliphatic heterocycles. The fraction of sp³-hybridized carbons (Fsp3) is 0.810. The Hall–Kier alpha value is -0.650. The van der Waals surface area contributed by atoms with Crippen molar-refractivity contribution in [3.63, 3.8) is 0 Å². The molecule has 0 saturated heterocycles. The van der Waals surface area contributed by atoms with Crippen LogP contribution in [0.5, 0.6) is 0 Å². The van der Waals surface area contributed by atoms with Gasteiger partial charge in [0.1, 0.15) is 0 Å². The molecule has 0 rings (SSSR count). The number of nitrogens with one attached hydrogen (secondary N) is 2. The zero-order valence-corrected chi connectivity index (χ0v) is 18.0. The van der Waals surface area contributed by atoms with E-state index in [-0.39, 0.29) is 0 Å². The molecule has 0 bridgehead atoms. The Morgan fingerprint density at radius 1 is 0.615 bits per heavy atom. The third-order valence-electron chi connectivity index (χ3n) is 4.21. The first-order chi connectivity index (χ1) is 12.6. The fourth-order valence-electron chi connectivity index (χ4n) is 2.61. The van der Waals surface area contributed by atoms with Crippen LogP contribution in [0.1, 0.15) is 97.3 Å². The Balaban J connectivity index is 3.32. The molecule has 0 aromatic heterocycles. The average Bonchev–Trinajstić information content (AvgIpc) is 2.62. The number of allylic oxidation sites excluding steroid dienone is 4. The maximum atomic E-state index is 11.5. The molecule has 0 radical (unpaired) electrons. The van der Waals surface area contributed by atoms with Gasteiger partial charge in [0, 0.05) is 13.1 Å². The lowest BCUT2D eigenvalue weighted by Crippen LogP contribution is -2.37. The van der Waals surface area contributed by atoms with Crippen LogP contribution in [-0.4, -0.2) is 21.5 Å². The van der Waals surface area contributed by atoms with Crippen molar-refractivity contribution < 1.29 is 8.42 Å². The minimum absolute atomic E-state index is 0.499. The van der Waals surface area contributed by atoms with Crippen molar-refractivity contribution in [3.05, 3.63) is 24.3 Å². The number of unbranched alkanes of at least 4 members (excludes halogenated alkanes) is 9. The smallest absolute Gasteiger partial charge is 0.202 e. The first-order valence-corrected chi connectivity index (χ1v) is 12.1. The zero-order chi connectivity index (χ0) is 19.3. The molecule has 0 saturated carbocycles. The van der Waals surface area contributed by atoms with E-state index in [1.165, 1.54) is 57.8 Å². The van der Waals surface area contributed by atoms with Crippen molar-refractivity contribution in [2.45, 2.75) is 97.3 Å². The minimum Gasteiger partial charge on any atom is -0.202 e. The summed E-state index contributed by atoms with van der Waals surface area (Å²) in [6.07, 6.45) is 24.3. The molecule has 0 spiro atoms. The molecule has 0 fully saturated rings. The van der Waals surface area contributed by atoms with Crippen molar-refractivity contribution in [2.75, 3.05) is 13.1 Å². The van der Waals surface area contributed by atoms with Gasteiger partial charge in [0.05, 0.1) is 0 Å². The quantitative estimate of drug-likeness (QED) is 0.223. The predicted octanol–water partition coefficient (Wildman–Crippen LogP) is 5.63. The standard InChI is InChI=1S/C21H42N2O2S/c1-3-5-6-7-8-9-10-11-12-13-14-15-16-17-18-19-21-23-26(24,25)22-20-4-2/h8-9,11-12,22-23H,3-7,10,13-21H2,1-2H3. The summed E-state index contributed by atoms with van der Waals surface area (Å²) in [7, 11) is -3.28. The number of rotatable bonds is 19. The Bertz CT molecular complexity index is 445. The molecule has 0 unspecified atom stereocenters. The molecule has 0 atom stereocenters. The van der Waals surface area contributed by atoms with Crippen LogP contribution >= 0.6 is 0 Å². The highest BCUT2D eigenvalue weighted by molar-refractivity contribution is 7.87. The Morgan fingerprint density at radius 2 is 1.15 bits per heavy atom. The van der Waals surface area contributed by atoms with Crippen molar-refractivity contribution in [1.29, 1.82) is 0 Å². The SMILES string of the molecule is CCCCCC=CCC=CCCCCCCCCNS(=O)(=O)NCCC. The van der Waals surface area contributed by atoms with E-state index in [1.807, 2.05) is 6.92 Å². The maximum Gasteiger partial charge on any atom is 0.276 e. The summed E-state index contributed by atoms with van der Waals surface area (Å²) in [6, 6.07) is 0. The Labute approximate surface area is 163 Å². The fourth-order valence-corrected chi connectivity index (χ4v) is 3.60. The molecular weight excluding hydrogens is 344 g/mol. The summed E-state index contributed by atoms with van der Waals surface area (Å²) < 4.78 is 28.1. The number of hydrogen-bond acceptors (Lipinski definition) is 2. The molecule has 154 valence electrons.